The second-order valence-electron chi connectivity index (χ2n) is 3.57. The highest BCUT2D eigenvalue weighted by molar-refractivity contribution is 4.94. The summed E-state index contributed by atoms with van der Waals surface area (Å²) in [6.07, 6.45) is 3.49. The van der Waals surface area contributed by atoms with Gasteiger partial charge in [0.2, 0.25) is 0 Å². The first-order valence-corrected chi connectivity index (χ1v) is 4.38. The van der Waals surface area contributed by atoms with Crippen molar-refractivity contribution >= 4 is 0 Å². The second-order valence-corrected chi connectivity index (χ2v) is 3.57. The number of nitrogens with one attached hydrogen (secondary N) is 1. The Labute approximate surface area is 70.9 Å². The summed E-state index contributed by atoms with van der Waals surface area (Å²) in [6, 6.07) is 0.616. The summed E-state index contributed by atoms with van der Waals surface area (Å²) in [5.41, 5.74) is 1.42. The Kier molecular flexibility index (Phi) is 5.22. The molecular formula is C10H21N. The van der Waals surface area contributed by atoms with Crippen molar-refractivity contribution in [3.8, 4) is 0 Å². The lowest BCUT2D eigenvalue weighted by molar-refractivity contribution is 0.429. The molecule has 0 saturated heterocycles. The van der Waals surface area contributed by atoms with E-state index in [4.69, 9.17) is 0 Å². The van der Waals surface area contributed by atoms with E-state index in [2.05, 4.69) is 39.1 Å². The fourth-order valence-electron chi connectivity index (χ4n) is 0.910. The molecule has 0 amide bonds. The lowest BCUT2D eigenvalue weighted by Gasteiger charge is -2.17. The Morgan fingerprint density at radius 2 is 1.91 bits per heavy atom. The minimum Gasteiger partial charge on any atom is -0.317 e. The number of allylic oxidation sites excluding steroid dienone is 2. The highest BCUT2D eigenvalue weighted by Crippen LogP contribution is 2.09. The van der Waals surface area contributed by atoms with Gasteiger partial charge in [-0.3, -0.25) is 0 Å². The van der Waals surface area contributed by atoms with Crippen molar-refractivity contribution in [1.82, 2.24) is 5.32 Å². The lowest BCUT2D eigenvalue weighted by atomic mass is 9.99. The van der Waals surface area contributed by atoms with E-state index in [1.54, 1.807) is 0 Å². The molecule has 0 aromatic rings. The third kappa shape index (κ3) is 5.02. The molecule has 0 aliphatic carbocycles. The average Bonchev–Trinajstić information content (AvgIpc) is 1.98. The zero-order valence-corrected chi connectivity index (χ0v) is 8.44. The number of rotatable bonds is 4. The van der Waals surface area contributed by atoms with Gasteiger partial charge >= 0.3 is 0 Å². The average molecular weight is 155 g/mol. The van der Waals surface area contributed by atoms with E-state index in [0.29, 0.717) is 6.04 Å². The van der Waals surface area contributed by atoms with E-state index < -0.39 is 0 Å². The molecule has 0 aromatic carbocycles. The maximum absolute atomic E-state index is 3.26. The van der Waals surface area contributed by atoms with E-state index in [-0.39, 0.29) is 0 Å². The summed E-state index contributed by atoms with van der Waals surface area (Å²) < 4.78 is 0. The van der Waals surface area contributed by atoms with Gasteiger partial charge in [0.1, 0.15) is 0 Å². The summed E-state index contributed by atoms with van der Waals surface area (Å²) in [5.74, 6) is 0.731. The van der Waals surface area contributed by atoms with Crippen molar-refractivity contribution < 1.29 is 0 Å². The van der Waals surface area contributed by atoms with Crippen molar-refractivity contribution in [2.45, 2.75) is 40.2 Å². The Morgan fingerprint density at radius 3 is 2.27 bits per heavy atom. The summed E-state index contributed by atoms with van der Waals surface area (Å²) in [4.78, 5) is 0. The van der Waals surface area contributed by atoms with Crippen LogP contribution in [0.15, 0.2) is 11.6 Å². The summed E-state index contributed by atoms with van der Waals surface area (Å²) in [5, 5.41) is 3.26. The van der Waals surface area contributed by atoms with Crippen molar-refractivity contribution in [3.63, 3.8) is 0 Å². The number of hydrogen-bond donors (Lipinski definition) is 1. The van der Waals surface area contributed by atoms with Crippen molar-refractivity contribution in [3.05, 3.63) is 11.6 Å². The smallest absolute Gasteiger partial charge is 0.00643 e. The Balaban J connectivity index is 3.68. The van der Waals surface area contributed by atoms with Crippen LogP contribution in [-0.2, 0) is 0 Å². The molecule has 1 nitrogen and oxygen atoms in total. The van der Waals surface area contributed by atoms with Crippen LogP contribution >= 0.6 is 0 Å². The molecule has 0 aliphatic rings. The van der Waals surface area contributed by atoms with Gasteiger partial charge in [-0.05, 0) is 40.2 Å². The van der Waals surface area contributed by atoms with Gasteiger partial charge in [0.15, 0.2) is 0 Å². The maximum atomic E-state index is 3.26. The van der Waals surface area contributed by atoms with Gasteiger partial charge in [0, 0.05) is 6.04 Å². The first kappa shape index (κ1) is 10.7. The van der Waals surface area contributed by atoms with Gasteiger partial charge in [-0.15, -0.1) is 0 Å². The van der Waals surface area contributed by atoms with Crippen LogP contribution < -0.4 is 5.32 Å². The van der Waals surface area contributed by atoms with Crippen LogP contribution in [0, 0.1) is 5.92 Å². The number of hydrogen-bond acceptors (Lipinski definition) is 1. The zero-order chi connectivity index (χ0) is 8.85. The minimum absolute atomic E-state index is 0.616. The minimum atomic E-state index is 0.616. The predicted octanol–water partition coefficient (Wildman–Crippen LogP) is 2.59. The van der Waals surface area contributed by atoms with Crippen LogP contribution in [0.4, 0.5) is 0 Å². The van der Waals surface area contributed by atoms with Crippen LogP contribution in [0.1, 0.15) is 34.1 Å². The molecule has 1 N–H and O–H groups in total. The normalized spacial score (nSPS) is 15.7. The van der Waals surface area contributed by atoms with E-state index in [0.717, 1.165) is 5.92 Å². The Morgan fingerprint density at radius 1 is 1.36 bits per heavy atom. The SMILES string of the molecule is CNC(C)C(C)CC=C(C)C. The Hall–Kier alpha value is -0.300. The van der Waals surface area contributed by atoms with E-state index >= 15 is 0 Å². The molecule has 1 heteroatoms. The molecular weight excluding hydrogens is 134 g/mol. The van der Waals surface area contributed by atoms with E-state index in [9.17, 15) is 0 Å². The topological polar surface area (TPSA) is 12.0 Å². The largest absolute Gasteiger partial charge is 0.317 e. The first-order chi connectivity index (χ1) is 5.07. The summed E-state index contributed by atoms with van der Waals surface area (Å²) in [7, 11) is 2.02. The fourth-order valence-corrected chi connectivity index (χ4v) is 0.910. The molecule has 2 atom stereocenters. The molecule has 0 aromatic heterocycles. The molecule has 0 fully saturated rings. The van der Waals surface area contributed by atoms with Crippen LogP contribution in [0.5, 0.6) is 0 Å². The first-order valence-electron chi connectivity index (χ1n) is 4.38. The fraction of sp³-hybridized carbons (Fsp3) is 0.800. The monoisotopic (exact) mass is 155 g/mol. The zero-order valence-electron chi connectivity index (χ0n) is 8.44. The third-order valence-corrected chi connectivity index (χ3v) is 2.21. The quantitative estimate of drug-likeness (QED) is 0.615. The molecule has 0 radical (unpaired) electrons. The predicted molar refractivity (Wildman–Crippen MR) is 51.7 cm³/mol. The molecule has 66 valence electrons. The molecule has 0 aliphatic heterocycles. The molecule has 0 heterocycles. The molecule has 0 spiro atoms. The van der Waals surface area contributed by atoms with Gasteiger partial charge in [-0.1, -0.05) is 18.6 Å². The summed E-state index contributed by atoms with van der Waals surface area (Å²) >= 11 is 0. The van der Waals surface area contributed by atoms with Crippen molar-refractivity contribution in [2.75, 3.05) is 7.05 Å². The van der Waals surface area contributed by atoms with Crippen molar-refractivity contribution in [2.24, 2.45) is 5.92 Å². The van der Waals surface area contributed by atoms with Gasteiger partial charge in [-0.2, -0.15) is 0 Å². The maximum Gasteiger partial charge on any atom is 0.00643 e. The van der Waals surface area contributed by atoms with Crippen LogP contribution in [0.25, 0.3) is 0 Å². The molecule has 0 saturated carbocycles. The van der Waals surface area contributed by atoms with Gasteiger partial charge in [0.05, 0.1) is 0 Å². The third-order valence-electron chi connectivity index (χ3n) is 2.21. The molecule has 0 bridgehead atoms. The van der Waals surface area contributed by atoms with Crippen LogP contribution in [0.2, 0.25) is 0 Å². The highest BCUT2D eigenvalue weighted by Gasteiger charge is 2.06. The van der Waals surface area contributed by atoms with Crippen LogP contribution in [0.3, 0.4) is 0 Å². The van der Waals surface area contributed by atoms with Gasteiger partial charge in [0.25, 0.3) is 0 Å². The Bertz CT molecular complexity index is 123. The van der Waals surface area contributed by atoms with Gasteiger partial charge in [-0.25, -0.2) is 0 Å². The molecule has 11 heavy (non-hydrogen) atoms. The molecule has 2 unspecified atom stereocenters. The highest BCUT2D eigenvalue weighted by atomic mass is 14.9. The van der Waals surface area contributed by atoms with E-state index in [1.165, 1.54) is 12.0 Å². The molecule has 0 rings (SSSR count). The van der Waals surface area contributed by atoms with Crippen LogP contribution in [-0.4, -0.2) is 13.1 Å². The van der Waals surface area contributed by atoms with Crippen molar-refractivity contribution in [1.29, 1.82) is 0 Å². The van der Waals surface area contributed by atoms with E-state index in [1.807, 2.05) is 7.05 Å². The van der Waals surface area contributed by atoms with Gasteiger partial charge < -0.3 is 5.32 Å². The lowest BCUT2D eigenvalue weighted by Crippen LogP contribution is -2.28. The standard InChI is InChI=1S/C10H21N/c1-8(2)6-7-9(3)10(4)11-5/h6,9-11H,7H2,1-5H3. The summed E-state index contributed by atoms with van der Waals surface area (Å²) in [6.45, 7) is 8.80. The second kappa shape index (κ2) is 5.36.